The molecule has 0 bridgehead atoms. The largest absolute Gasteiger partial charge is 0.454 e. The van der Waals surface area contributed by atoms with E-state index in [2.05, 4.69) is 15.5 Å². The molecule has 0 aliphatic heterocycles. The lowest BCUT2D eigenvalue weighted by Crippen LogP contribution is -2.10. The quantitative estimate of drug-likeness (QED) is 0.506. The molecule has 0 radical (unpaired) electrons. The van der Waals surface area contributed by atoms with E-state index in [4.69, 9.17) is 9.15 Å². The normalized spacial score (nSPS) is 10.8. The van der Waals surface area contributed by atoms with Gasteiger partial charge in [-0.15, -0.1) is 0 Å². The van der Waals surface area contributed by atoms with Crippen molar-refractivity contribution in [3.05, 3.63) is 58.6 Å². The van der Waals surface area contributed by atoms with Gasteiger partial charge in [0.2, 0.25) is 0 Å². The minimum atomic E-state index is -0.533. The van der Waals surface area contributed by atoms with Gasteiger partial charge in [0, 0.05) is 7.11 Å². The maximum absolute atomic E-state index is 12.2. The molecule has 130 valence electrons. The smallest absolute Gasteiger partial charge is 0.307 e. The molecule has 25 heavy (non-hydrogen) atoms. The standard InChI is InChI=1S/C14H14N6O5/c1-24-9-19-6-10(4-15-19)17-14(21)13-3-2-12(25-13)8-18-7-11(5-16-18)20(22)23/h2-7H,8-9H2,1H3,(H,17,21). The van der Waals surface area contributed by atoms with Gasteiger partial charge in [-0.05, 0) is 12.1 Å². The summed E-state index contributed by atoms with van der Waals surface area (Å²) in [6.07, 6.45) is 5.54. The Labute approximate surface area is 140 Å². The highest BCUT2D eigenvalue weighted by Crippen LogP contribution is 2.14. The predicted octanol–water partition coefficient (Wildman–Crippen LogP) is 1.49. The molecule has 11 heteroatoms. The molecule has 0 fully saturated rings. The second-order valence-corrected chi connectivity index (χ2v) is 5.06. The van der Waals surface area contributed by atoms with Crippen LogP contribution in [0.5, 0.6) is 0 Å². The van der Waals surface area contributed by atoms with Crippen molar-refractivity contribution in [3.8, 4) is 0 Å². The average Bonchev–Trinajstić information content (AvgIpc) is 3.29. The highest BCUT2D eigenvalue weighted by molar-refractivity contribution is 6.02. The van der Waals surface area contributed by atoms with E-state index in [0.29, 0.717) is 11.4 Å². The lowest BCUT2D eigenvalue weighted by Gasteiger charge is -2.00. The highest BCUT2D eigenvalue weighted by Gasteiger charge is 2.14. The van der Waals surface area contributed by atoms with Crippen LogP contribution in [0.25, 0.3) is 0 Å². The zero-order valence-corrected chi connectivity index (χ0v) is 13.2. The van der Waals surface area contributed by atoms with Gasteiger partial charge in [-0.25, -0.2) is 4.68 Å². The van der Waals surface area contributed by atoms with E-state index in [0.717, 1.165) is 6.20 Å². The van der Waals surface area contributed by atoms with E-state index >= 15 is 0 Å². The van der Waals surface area contributed by atoms with Crippen molar-refractivity contribution in [1.82, 2.24) is 19.6 Å². The Morgan fingerprint density at radius 1 is 1.32 bits per heavy atom. The number of ether oxygens (including phenoxy) is 1. The summed E-state index contributed by atoms with van der Waals surface area (Å²) in [6, 6.07) is 3.12. The number of aromatic nitrogens is 4. The van der Waals surface area contributed by atoms with E-state index in [-0.39, 0.29) is 24.7 Å². The lowest BCUT2D eigenvalue weighted by molar-refractivity contribution is -0.385. The van der Waals surface area contributed by atoms with E-state index in [1.54, 1.807) is 19.4 Å². The summed E-state index contributed by atoms with van der Waals surface area (Å²) in [5, 5.41) is 21.2. The molecule has 0 unspecified atom stereocenters. The number of nitrogens with one attached hydrogen (secondary N) is 1. The number of nitro groups is 1. The molecule has 1 amide bonds. The molecular formula is C14H14N6O5. The summed E-state index contributed by atoms with van der Waals surface area (Å²) >= 11 is 0. The number of hydrogen-bond donors (Lipinski definition) is 1. The van der Waals surface area contributed by atoms with Gasteiger partial charge < -0.3 is 14.5 Å². The van der Waals surface area contributed by atoms with Crippen LogP contribution in [0.3, 0.4) is 0 Å². The Hall–Kier alpha value is -3.47. The van der Waals surface area contributed by atoms with Crippen LogP contribution in [-0.2, 0) is 18.0 Å². The number of rotatable bonds is 7. The van der Waals surface area contributed by atoms with Gasteiger partial charge in [-0.2, -0.15) is 10.2 Å². The third-order valence-electron chi connectivity index (χ3n) is 3.19. The van der Waals surface area contributed by atoms with Crippen molar-refractivity contribution in [3.63, 3.8) is 0 Å². The molecule has 0 spiro atoms. The Balaban J connectivity index is 1.63. The summed E-state index contributed by atoms with van der Waals surface area (Å²) in [6.45, 7) is 0.448. The van der Waals surface area contributed by atoms with Gasteiger partial charge in [-0.1, -0.05) is 0 Å². The van der Waals surface area contributed by atoms with Gasteiger partial charge in [0.05, 0.1) is 29.5 Å². The molecule has 3 rings (SSSR count). The lowest BCUT2D eigenvalue weighted by atomic mass is 10.4. The van der Waals surface area contributed by atoms with Gasteiger partial charge in [0.15, 0.2) is 5.76 Å². The zero-order valence-electron chi connectivity index (χ0n) is 13.2. The fourth-order valence-corrected chi connectivity index (χ4v) is 2.10. The summed E-state index contributed by atoms with van der Waals surface area (Å²) < 4.78 is 13.3. The number of methoxy groups -OCH3 is 1. The van der Waals surface area contributed by atoms with Gasteiger partial charge in [-0.3, -0.25) is 19.6 Å². The number of anilines is 1. The van der Waals surface area contributed by atoms with Crippen LogP contribution >= 0.6 is 0 Å². The molecule has 0 aliphatic carbocycles. The summed E-state index contributed by atoms with van der Waals surface area (Å²) in [7, 11) is 1.54. The molecule has 0 aromatic carbocycles. The van der Waals surface area contributed by atoms with E-state index in [1.165, 1.54) is 27.8 Å². The molecule has 3 aromatic heterocycles. The van der Waals surface area contributed by atoms with Gasteiger partial charge in [0.25, 0.3) is 5.91 Å². The fourth-order valence-electron chi connectivity index (χ4n) is 2.10. The van der Waals surface area contributed by atoms with Crippen molar-refractivity contribution in [1.29, 1.82) is 0 Å². The van der Waals surface area contributed by atoms with Gasteiger partial charge in [0.1, 0.15) is 24.9 Å². The van der Waals surface area contributed by atoms with Gasteiger partial charge >= 0.3 is 5.69 Å². The van der Waals surface area contributed by atoms with E-state index < -0.39 is 10.8 Å². The van der Waals surface area contributed by atoms with Crippen molar-refractivity contribution in [2.45, 2.75) is 13.3 Å². The van der Waals surface area contributed by atoms with Crippen LogP contribution < -0.4 is 5.32 Å². The number of hydrogen-bond acceptors (Lipinski definition) is 7. The van der Waals surface area contributed by atoms with Crippen LogP contribution in [0.15, 0.2) is 41.3 Å². The third-order valence-corrected chi connectivity index (χ3v) is 3.19. The van der Waals surface area contributed by atoms with Crippen LogP contribution in [0, 0.1) is 10.1 Å². The van der Waals surface area contributed by atoms with Crippen molar-refractivity contribution < 1.29 is 18.9 Å². The predicted molar refractivity (Wildman–Crippen MR) is 83.9 cm³/mol. The topological polar surface area (TPSA) is 130 Å². The number of carbonyl (C=O) groups is 1. The fraction of sp³-hybridized carbons (Fsp3) is 0.214. The van der Waals surface area contributed by atoms with Crippen LogP contribution in [-0.4, -0.2) is 37.5 Å². The molecule has 1 N–H and O–H groups in total. The maximum Gasteiger partial charge on any atom is 0.307 e. The summed E-state index contributed by atoms with van der Waals surface area (Å²) in [4.78, 5) is 22.3. The highest BCUT2D eigenvalue weighted by atomic mass is 16.6. The number of nitrogens with zero attached hydrogens (tertiary/aromatic N) is 5. The second-order valence-electron chi connectivity index (χ2n) is 5.06. The van der Waals surface area contributed by atoms with Crippen molar-refractivity contribution in [2.24, 2.45) is 0 Å². The Morgan fingerprint density at radius 3 is 2.84 bits per heavy atom. The average molecular weight is 346 g/mol. The molecule has 0 saturated carbocycles. The monoisotopic (exact) mass is 346 g/mol. The molecule has 0 atom stereocenters. The SMILES string of the molecule is COCn1cc(NC(=O)c2ccc(Cn3cc([N+](=O)[O-])cn3)o2)cn1. The van der Waals surface area contributed by atoms with E-state index in [9.17, 15) is 14.9 Å². The van der Waals surface area contributed by atoms with Crippen molar-refractivity contribution in [2.75, 3.05) is 12.4 Å². The molecule has 11 nitrogen and oxygen atoms in total. The van der Waals surface area contributed by atoms with Crippen LogP contribution in [0.2, 0.25) is 0 Å². The third kappa shape index (κ3) is 3.90. The summed E-state index contributed by atoms with van der Waals surface area (Å²) in [5.41, 5.74) is 0.389. The van der Waals surface area contributed by atoms with Crippen LogP contribution in [0.4, 0.5) is 11.4 Å². The maximum atomic E-state index is 12.2. The molecule has 3 heterocycles. The first-order valence-electron chi connectivity index (χ1n) is 7.13. The van der Waals surface area contributed by atoms with Crippen LogP contribution in [0.1, 0.15) is 16.3 Å². The van der Waals surface area contributed by atoms with Crippen molar-refractivity contribution >= 4 is 17.3 Å². The molecule has 3 aromatic rings. The Morgan fingerprint density at radius 2 is 2.12 bits per heavy atom. The number of furan rings is 1. The Kier molecular flexibility index (Phi) is 4.57. The Bertz CT molecular complexity index is 895. The first-order chi connectivity index (χ1) is 12.0. The summed E-state index contributed by atoms with van der Waals surface area (Å²) in [5.74, 6) is 0.115. The minimum Gasteiger partial charge on any atom is -0.454 e. The minimum absolute atomic E-state index is 0.108. The van der Waals surface area contributed by atoms with E-state index in [1.807, 2.05) is 0 Å². The first kappa shape index (κ1) is 16.4. The first-order valence-corrected chi connectivity index (χ1v) is 7.13. The number of amides is 1. The molecule has 0 saturated heterocycles. The number of carbonyl (C=O) groups excluding carboxylic acids is 1. The molecular weight excluding hydrogens is 332 g/mol. The zero-order chi connectivity index (χ0) is 17.8. The molecule has 0 aliphatic rings. The second kappa shape index (κ2) is 6.97.